The zero-order valence-electron chi connectivity index (χ0n) is 10.9. The second-order valence-electron chi connectivity index (χ2n) is 4.14. The summed E-state index contributed by atoms with van der Waals surface area (Å²) in [5.74, 6) is 5.72. The van der Waals surface area contributed by atoms with E-state index >= 15 is 0 Å². The molecule has 0 aliphatic rings. The van der Waals surface area contributed by atoms with Gasteiger partial charge < -0.3 is 10.7 Å². The number of pyridine rings is 1. The molecule has 0 unspecified atom stereocenters. The lowest BCUT2D eigenvalue weighted by atomic mass is 10.2. The highest BCUT2D eigenvalue weighted by Gasteiger charge is 2.09. The van der Waals surface area contributed by atoms with Gasteiger partial charge in [0.05, 0.1) is 6.54 Å². The van der Waals surface area contributed by atoms with Gasteiger partial charge >= 0.3 is 0 Å². The van der Waals surface area contributed by atoms with Gasteiger partial charge in [-0.2, -0.15) is 0 Å². The molecule has 5 nitrogen and oxygen atoms in total. The molecule has 7 heteroatoms. The Labute approximate surface area is 129 Å². The number of rotatable bonds is 5. The number of amides is 1. The van der Waals surface area contributed by atoms with Crippen LogP contribution in [0.2, 0.25) is 0 Å². The van der Waals surface area contributed by atoms with E-state index in [1.54, 1.807) is 23.5 Å². The average Bonchev–Trinajstić information content (AvgIpc) is 2.89. The van der Waals surface area contributed by atoms with Gasteiger partial charge in [0.15, 0.2) is 0 Å². The summed E-state index contributed by atoms with van der Waals surface area (Å²) >= 11 is 4.98. The van der Waals surface area contributed by atoms with Crippen molar-refractivity contribution < 1.29 is 4.79 Å². The van der Waals surface area contributed by atoms with E-state index in [0.717, 1.165) is 21.5 Å². The number of carbonyl (C=O) groups is 1. The monoisotopic (exact) mass is 354 g/mol. The maximum Gasteiger partial charge on any atom is 0.251 e. The number of aromatic nitrogens is 1. The quantitative estimate of drug-likeness (QED) is 0.569. The van der Waals surface area contributed by atoms with E-state index in [1.807, 2.05) is 18.4 Å². The van der Waals surface area contributed by atoms with Gasteiger partial charge in [-0.25, -0.2) is 10.8 Å². The highest BCUT2D eigenvalue weighted by Crippen LogP contribution is 2.19. The van der Waals surface area contributed by atoms with Crippen LogP contribution in [-0.4, -0.2) is 10.9 Å². The minimum absolute atomic E-state index is 0.136. The van der Waals surface area contributed by atoms with E-state index in [0.29, 0.717) is 17.9 Å². The van der Waals surface area contributed by atoms with Gasteiger partial charge in [-0.05, 0) is 40.5 Å². The van der Waals surface area contributed by atoms with Crippen LogP contribution in [0.25, 0.3) is 0 Å². The number of hydrazine groups is 1. The van der Waals surface area contributed by atoms with Gasteiger partial charge in [0, 0.05) is 26.0 Å². The highest BCUT2D eigenvalue weighted by molar-refractivity contribution is 9.10. The van der Waals surface area contributed by atoms with Crippen molar-refractivity contribution in [3.63, 3.8) is 0 Å². The number of nitrogens with two attached hydrogens (primary N) is 1. The normalized spacial score (nSPS) is 10.3. The molecule has 106 valence electrons. The second kappa shape index (κ2) is 6.83. The molecular formula is C13H15BrN4OS. The van der Waals surface area contributed by atoms with Crippen molar-refractivity contribution in [3.05, 3.63) is 44.2 Å². The van der Waals surface area contributed by atoms with Gasteiger partial charge in [-0.15, -0.1) is 11.3 Å². The largest absolute Gasteiger partial charge is 0.347 e. The Morgan fingerprint density at radius 3 is 2.85 bits per heavy atom. The molecule has 0 atom stereocenters. The topological polar surface area (TPSA) is 80.0 Å². The number of anilines is 1. The number of halogens is 1. The van der Waals surface area contributed by atoms with Crippen LogP contribution in [0.1, 0.15) is 27.9 Å². The molecule has 2 aromatic heterocycles. The Hall–Kier alpha value is -1.44. The SMILES string of the molecule is CCc1cc(C(=O)NCc2cc(Br)cs2)cc(NN)n1. The van der Waals surface area contributed by atoms with Crippen LogP contribution >= 0.6 is 27.3 Å². The summed E-state index contributed by atoms with van der Waals surface area (Å²) in [6, 6.07) is 5.40. The minimum Gasteiger partial charge on any atom is -0.347 e. The first-order chi connectivity index (χ1) is 9.62. The van der Waals surface area contributed by atoms with Gasteiger partial charge in [-0.3, -0.25) is 4.79 Å². The molecule has 2 rings (SSSR count). The number of aryl methyl sites for hydroxylation is 1. The minimum atomic E-state index is -0.136. The fourth-order valence-corrected chi connectivity index (χ4v) is 3.08. The zero-order valence-corrected chi connectivity index (χ0v) is 13.3. The molecule has 0 aliphatic heterocycles. The summed E-state index contributed by atoms with van der Waals surface area (Å²) in [5, 5.41) is 4.87. The lowest BCUT2D eigenvalue weighted by Crippen LogP contribution is -2.23. The van der Waals surface area contributed by atoms with E-state index in [1.165, 1.54) is 0 Å². The van der Waals surface area contributed by atoms with Crippen molar-refractivity contribution in [3.8, 4) is 0 Å². The van der Waals surface area contributed by atoms with E-state index in [2.05, 4.69) is 31.7 Å². The number of thiophene rings is 1. The predicted molar refractivity (Wildman–Crippen MR) is 84.6 cm³/mol. The fraction of sp³-hybridized carbons (Fsp3) is 0.231. The van der Waals surface area contributed by atoms with Crippen molar-refractivity contribution >= 4 is 39.0 Å². The van der Waals surface area contributed by atoms with Crippen LogP contribution in [0.4, 0.5) is 5.82 Å². The molecule has 0 fully saturated rings. The molecule has 0 bridgehead atoms. The van der Waals surface area contributed by atoms with Crippen LogP contribution in [-0.2, 0) is 13.0 Å². The number of hydrogen-bond donors (Lipinski definition) is 3. The van der Waals surface area contributed by atoms with Crippen molar-refractivity contribution in [2.45, 2.75) is 19.9 Å². The third-order valence-electron chi connectivity index (χ3n) is 2.70. The lowest BCUT2D eigenvalue weighted by molar-refractivity contribution is 0.0951. The summed E-state index contributed by atoms with van der Waals surface area (Å²) < 4.78 is 1.03. The van der Waals surface area contributed by atoms with Gasteiger partial charge in [0.2, 0.25) is 0 Å². The number of nitrogens with zero attached hydrogens (tertiary/aromatic N) is 1. The average molecular weight is 355 g/mol. The smallest absolute Gasteiger partial charge is 0.251 e. The van der Waals surface area contributed by atoms with Crippen LogP contribution in [0, 0.1) is 0 Å². The van der Waals surface area contributed by atoms with Crippen LogP contribution in [0.5, 0.6) is 0 Å². The van der Waals surface area contributed by atoms with Gasteiger partial charge in [0.1, 0.15) is 5.82 Å². The van der Waals surface area contributed by atoms with Gasteiger partial charge in [-0.1, -0.05) is 6.92 Å². The van der Waals surface area contributed by atoms with E-state index in [-0.39, 0.29) is 5.91 Å². The number of nitrogen functional groups attached to an aromatic ring is 1. The molecule has 0 spiro atoms. The zero-order chi connectivity index (χ0) is 14.5. The molecule has 0 aromatic carbocycles. The second-order valence-corrected chi connectivity index (χ2v) is 6.06. The van der Waals surface area contributed by atoms with Crippen LogP contribution < -0.4 is 16.6 Å². The molecule has 0 radical (unpaired) electrons. The lowest BCUT2D eigenvalue weighted by Gasteiger charge is -2.08. The summed E-state index contributed by atoms with van der Waals surface area (Å²) in [6.45, 7) is 2.48. The number of nitrogens with one attached hydrogen (secondary N) is 2. The highest BCUT2D eigenvalue weighted by atomic mass is 79.9. The van der Waals surface area contributed by atoms with Crippen molar-refractivity contribution in [2.75, 3.05) is 5.43 Å². The molecule has 0 saturated heterocycles. The third-order valence-corrected chi connectivity index (χ3v) is 4.39. The summed E-state index contributed by atoms with van der Waals surface area (Å²) in [4.78, 5) is 17.5. The maximum atomic E-state index is 12.1. The summed E-state index contributed by atoms with van der Waals surface area (Å²) in [6.07, 6.45) is 0.744. The van der Waals surface area contributed by atoms with Crippen LogP contribution in [0.15, 0.2) is 28.1 Å². The van der Waals surface area contributed by atoms with Crippen molar-refractivity contribution in [1.29, 1.82) is 0 Å². The van der Waals surface area contributed by atoms with Crippen molar-refractivity contribution in [2.24, 2.45) is 5.84 Å². The number of hydrogen-bond acceptors (Lipinski definition) is 5. The first-order valence-corrected chi connectivity index (χ1v) is 7.78. The molecular weight excluding hydrogens is 340 g/mol. The fourth-order valence-electron chi connectivity index (χ4n) is 1.69. The van der Waals surface area contributed by atoms with Crippen molar-refractivity contribution in [1.82, 2.24) is 10.3 Å². The maximum absolute atomic E-state index is 12.1. The Bertz CT molecular complexity index is 592. The standard InChI is InChI=1S/C13H15BrN4OS/c1-2-10-3-8(4-12(17-10)18-15)13(19)16-6-11-5-9(14)7-20-11/h3-5,7H,2,6,15H2,1H3,(H,16,19)(H,17,18). The third kappa shape index (κ3) is 3.78. The Balaban J connectivity index is 2.08. The predicted octanol–water partition coefficient (Wildman–Crippen LogP) is 2.68. The van der Waals surface area contributed by atoms with Crippen LogP contribution in [0.3, 0.4) is 0 Å². The molecule has 0 aliphatic carbocycles. The first kappa shape index (κ1) is 15.0. The molecule has 4 N–H and O–H groups in total. The Morgan fingerprint density at radius 2 is 2.25 bits per heavy atom. The molecule has 2 heterocycles. The summed E-state index contributed by atoms with van der Waals surface area (Å²) in [5.41, 5.74) is 3.86. The number of carbonyl (C=O) groups excluding carboxylic acids is 1. The van der Waals surface area contributed by atoms with E-state index in [4.69, 9.17) is 5.84 Å². The molecule has 0 saturated carbocycles. The molecule has 20 heavy (non-hydrogen) atoms. The van der Waals surface area contributed by atoms with E-state index < -0.39 is 0 Å². The Kier molecular flexibility index (Phi) is 5.11. The molecule has 1 amide bonds. The Morgan fingerprint density at radius 1 is 1.45 bits per heavy atom. The van der Waals surface area contributed by atoms with E-state index in [9.17, 15) is 4.79 Å². The first-order valence-electron chi connectivity index (χ1n) is 6.11. The molecule has 2 aromatic rings. The van der Waals surface area contributed by atoms with Gasteiger partial charge in [0.25, 0.3) is 5.91 Å². The summed E-state index contributed by atoms with van der Waals surface area (Å²) in [7, 11) is 0.